The fourth-order valence-corrected chi connectivity index (χ4v) is 3.91. The van der Waals surface area contributed by atoms with Crippen LogP contribution in [-0.4, -0.2) is 40.1 Å². The van der Waals surface area contributed by atoms with Gasteiger partial charge in [0.05, 0.1) is 12.8 Å². The molecule has 0 unspecified atom stereocenters. The van der Waals surface area contributed by atoms with Crippen molar-refractivity contribution in [1.82, 2.24) is 19.9 Å². The third-order valence-corrected chi connectivity index (χ3v) is 5.51. The van der Waals surface area contributed by atoms with Gasteiger partial charge in [-0.2, -0.15) is 4.98 Å². The molecule has 0 bridgehead atoms. The predicted molar refractivity (Wildman–Crippen MR) is 119 cm³/mol. The summed E-state index contributed by atoms with van der Waals surface area (Å²) in [7, 11) is 1.56. The number of nitrogens with zero attached hydrogens (tertiary/aromatic N) is 3. The van der Waals surface area contributed by atoms with E-state index in [2.05, 4.69) is 20.7 Å². The molecule has 158 valence electrons. The molecule has 2 aromatic heterocycles. The van der Waals surface area contributed by atoms with Crippen LogP contribution in [0.5, 0.6) is 5.75 Å². The van der Waals surface area contributed by atoms with Crippen LogP contribution >= 0.6 is 11.3 Å². The number of benzene rings is 2. The molecule has 31 heavy (non-hydrogen) atoms. The van der Waals surface area contributed by atoms with Gasteiger partial charge < -0.3 is 15.4 Å². The number of fused-ring (bicyclic) bond motifs is 1. The quantitative estimate of drug-likeness (QED) is 0.454. The number of aromatic nitrogens is 3. The van der Waals surface area contributed by atoms with Crippen molar-refractivity contribution >= 4 is 33.8 Å². The molecule has 4 rings (SSSR count). The molecule has 0 fully saturated rings. The molecule has 0 saturated carbocycles. The van der Waals surface area contributed by atoms with Crippen molar-refractivity contribution in [3.8, 4) is 17.1 Å². The summed E-state index contributed by atoms with van der Waals surface area (Å²) < 4.78 is 6.85. The maximum absolute atomic E-state index is 12.1. The minimum absolute atomic E-state index is 0.306. The Morgan fingerprint density at radius 2 is 1.94 bits per heavy atom. The SMILES string of the molecule is COc1ccc(NC(=O)C(=O)NCCc2csc3nc(-c4cccc(C)c4)nn23)cc1. The van der Waals surface area contributed by atoms with Crippen molar-refractivity contribution in [2.45, 2.75) is 13.3 Å². The average Bonchev–Trinajstić information content (AvgIpc) is 3.36. The van der Waals surface area contributed by atoms with Crippen molar-refractivity contribution in [1.29, 1.82) is 0 Å². The number of carbonyl (C=O) groups is 2. The Bertz CT molecular complexity index is 1230. The number of thiazole rings is 1. The molecule has 2 heterocycles. The summed E-state index contributed by atoms with van der Waals surface area (Å²) in [6, 6.07) is 14.8. The van der Waals surface area contributed by atoms with E-state index < -0.39 is 11.8 Å². The van der Waals surface area contributed by atoms with E-state index in [0.717, 1.165) is 21.8 Å². The van der Waals surface area contributed by atoms with Crippen LogP contribution in [0.25, 0.3) is 16.3 Å². The largest absolute Gasteiger partial charge is 0.497 e. The number of anilines is 1. The molecule has 0 spiro atoms. The molecule has 0 aliphatic rings. The van der Waals surface area contributed by atoms with Gasteiger partial charge in [0, 0.05) is 29.6 Å². The number of amides is 2. The number of hydrogen-bond acceptors (Lipinski definition) is 6. The van der Waals surface area contributed by atoms with Crippen LogP contribution in [0, 0.1) is 6.92 Å². The van der Waals surface area contributed by atoms with Gasteiger partial charge in [0.2, 0.25) is 4.96 Å². The highest BCUT2D eigenvalue weighted by molar-refractivity contribution is 7.15. The Balaban J connectivity index is 1.34. The monoisotopic (exact) mass is 435 g/mol. The van der Waals surface area contributed by atoms with Gasteiger partial charge in [0.15, 0.2) is 5.82 Å². The first-order valence-corrected chi connectivity index (χ1v) is 10.5. The molecule has 0 aliphatic carbocycles. The van der Waals surface area contributed by atoms with E-state index in [9.17, 15) is 9.59 Å². The molecule has 0 saturated heterocycles. The lowest BCUT2D eigenvalue weighted by Gasteiger charge is -2.07. The van der Waals surface area contributed by atoms with Crippen molar-refractivity contribution in [2.24, 2.45) is 0 Å². The van der Waals surface area contributed by atoms with Crippen LogP contribution in [0.15, 0.2) is 53.9 Å². The van der Waals surface area contributed by atoms with Gasteiger partial charge in [-0.15, -0.1) is 16.4 Å². The Labute approximate surface area is 182 Å². The molecule has 0 radical (unpaired) electrons. The Morgan fingerprint density at radius 1 is 1.13 bits per heavy atom. The summed E-state index contributed by atoms with van der Waals surface area (Å²) in [6.07, 6.45) is 0.526. The highest BCUT2D eigenvalue weighted by atomic mass is 32.1. The number of ether oxygens (including phenoxy) is 1. The van der Waals surface area contributed by atoms with Crippen LogP contribution in [-0.2, 0) is 16.0 Å². The van der Waals surface area contributed by atoms with Gasteiger partial charge in [-0.25, -0.2) is 4.52 Å². The minimum Gasteiger partial charge on any atom is -0.497 e. The molecule has 2 aromatic carbocycles. The van der Waals surface area contributed by atoms with Crippen LogP contribution in [0.3, 0.4) is 0 Å². The summed E-state index contributed by atoms with van der Waals surface area (Å²) >= 11 is 1.49. The maximum atomic E-state index is 12.1. The molecule has 4 aromatic rings. The first-order valence-electron chi connectivity index (χ1n) is 9.67. The second kappa shape index (κ2) is 8.97. The fraction of sp³-hybridized carbons (Fsp3) is 0.182. The van der Waals surface area contributed by atoms with Gasteiger partial charge >= 0.3 is 11.8 Å². The van der Waals surface area contributed by atoms with Gasteiger partial charge in [-0.3, -0.25) is 9.59 Å². The molecular formula is C22H21N5O3S. The highest BCUT2D eigenvalue weighted by Gasteiger charge is 2.15. The molecule has 9 heteroatoms. The number of hydrogen-bond donors (Lipinski definition) is 2. The van der Waals surface area contributed by atoms with E-state index in [1.807, 2.05) is 36.6 Å². The summed E-state index contributed by atoms with van der Waals surface area (Å²) in [4.78, 5) is 29.6. The maximum Gasteiger partial charge on any atom is 0.313 e. The third kappa shape index (κ3) is 4.72. The number of aryl methyl sites for hydroxylation is 1. The molecule has 2 amide bonds. The number of methoxy groups -OCH3 is 1. The van der Waals surface area contributed by atoms with Gasteiger partial charge in [-0.1, -0.05) is 23.8 Å². The second-order valence-corrected chi connectivity index (χ2v) is 7.75. The van der Waals surface area contributed by atoms with Crippen molar-refractivity contribution in [2.75, 3.05) is 19.0 Å². The standard InChI is InChI=1S/C22H21N5O3S/c1-14-4-3-5-15(12-14)19-25-22-27(26-19)17(13-31-22)10-11-23-20(28)21(29)24-16-6-8-18(30-2)9-7-16/h3-9,12-13H,10-11H2,1-2H3,(H,23,28)(H,24,29). The zero-order chi connectivity index (χ0) is 21.8. The molecule has 2 N–H and O–H groups in total. The zero-order valence-corrected chi connectivity index (χ0v) is 17.9. The Hall–Kier alpha value is -3.72. The van der Waals surface area contributed by atoms with E-state index >= 15 is 0 Å². The van der Waals surface area contributed by atoms with E-state index in [1.54, 1.807) is 35.9 Å². The molecular weight excluding hydrogens is 414 g/mol. The predicted octanol–water partition coefficient (Wildman–Crippen LogP) is 3.07. The van der Waals surface area contributed by atoms with Gasteiger partial charge in [-0.05, 0) is 37.3 Å². The Kier molecular flexibility index (Phi) is 5.94. The van der Waals surface area contributed by atoms with Crippen LogP contribution in [0.4, 0.5) is 5.69 Å². The van der Waals surface area contributed by atoms with Crippen LogP contribution in [0.1, 0.15) is 11.3 Å². The van der Waals surface area contributed by atoms with Crippen molar-refractivity contribution in [3.05, 3.63) is 65.2 Å². The van der Waals surface area contributed by atoms with Crippen LogP contribution < -0.4 is 15.4 Å². The van der Waals surface area contributed by atoms with Gasteiger partial charge in [0.25, 0.3) is 0 Å². The summed E-state index contributed by atoms with van der Waals surface area (Å²) in [6.45, 7) is 2.33. The smallest absolute Gasteiger partial charge is 0.313 e. The van der Waals surface area contributed by atoms with Crippen molar-refractivity contribution in [3.63, 3.8) is 0 Å². The van der Waals surface area contributed by atoms with Gasteiger partial charge in [0.1, 0.15) is 5.75 Å². The average molecular weight is 436 g/mol. The lowest BCUT2D eigenvalue weighted by Crippen LogP contribution is -2.36. The lowest BCUT2D eigenvalue weighted by molar-refractivity contribution is -0.136. The first-order chi connectivity index (χ1) is 15.0. The zero-order valence-electron chi connectivity index (χ0n) is 17.1. The van der Waals surface area contributed by atoms with E-state index in [0.29, 0.717) is 30.2 Å². The third-order valence-electron chi connectivity index (χ3n) is 4.65. The number of nitrogens with one attached hydrogen (secondary N) is 2. The summed E-state index contributed by atoms with van der Waals surface area (Å²) in [5.41, 5.74) is 3.55. The number of carbonyl (C=O) groups excluding carboxylic acids is 2. The minimum atomic E-state index is -0.719. The molecule has 8 nitrogen and oxygen atoms in total. The van der Waals surface area contributed by atoms with E-state index in [1.165, 1.54) is 11.3 Å². The normalized spacial score (nSPS) is 10.8. The Morgan fingerprint density at radius 3 is 2.68 bits per heavy atom. The lowest BCUT2D eigenvalue weighted by atomic mass is 10.1. The van der Waals surface area contributed by atoms with E-state index in [4.69, 9.17) is 4.74 Å². The van der Waals surface area contributed by atoms with E-state index in [-0.39, 0.29) is 0 Å². The molecule has 0 aliphatic heterocycles. The van der Waals surface area contributed by atoms with Crippen LogP contribution in [0.2, 0.25) is 0 Å². The highest BCUT2D eigenvalue weighted by Crippen LogP contribution is 2.21. The second-order valence-electron chi connectivity index (χ2n) is 6.91. The van der Waals surface area contributed by atoms with Crippen molar-refractivity contribution < 1.29 is 14.3 Å². The topological polar surface area (TPSA) is 97.6 Å². The molecule has 0 atom stereocenters. The first kappa shape index (κ1) is 20.5. The summed E-state index contributed by atoms with van der Waals surface area (Å²) in [5.74, 6) is -0.0765. The summed E-state index contributed by atoms with van der Waals surface area (Å²) in [5, 5.41) is 11.8. The number of rotatable bonds is 6. The fourth-order valence-electron chi connectivity index (χ4n) is 3.05.